The summed E-state index contributed by atoms with van der Waals surface area (Å²) >= 11 is 0. The number of fused-ring (bicyclic) bond motifs is 3. The molecule has 5 heteroatoms. The lowest BCUT2D eigenvalue weighted by molar-refractivity contribution is 0.0735. The van der Waals surface area contributed by atoms with E-state index in [1.165, 1.54) is 0 Å². The maximum atomic E-state index is 13.5. The molecule has 0 radical (unpaired) electrons. The van der Waals surface area contributed by atoms with Crippen molar-refractivity contribution in [2.45, 2.75) is 30.8 Å². The van der Waals surface area contributed by atoms with Crippen molar-refractivity contribution >= 4 is 16.7 Å². The summed E-state index contributed by atoms with van der Waals surface area (Å²) in [6, 6.07) is 18.1. The summed E-state index contributed by atoms with van der Waals surface area (Å²) in [7, 11) is 0. The number of carbonyl (C=O) groups excluding carboxylic acids is 1. The summed E-state index contributed by atoms with van der Waals surface area (Å²) in [4.78, 5) is 12.4. The van der Waals surface area contributed by atoms with Gasteiger partial charge in [-0.1, -0.05) is 36.4 Å². The van der Waals surface area contributed by atoms with Gasteiger partial charge in [0.05, 0.1) is 11.7 Å². The first-order chi connectivity index (χ1) is 15.0. The molecule has 0 amide bonds. The van der Waals surface area contributed by atoms with Crippen LogP contribution in [0.15, 0.2) is 72.3 Å². The maximum Gasteiger partial charge on any atom is 0.343 e. The number of benzene rings is 3. The molecule has 3 aliphatic rings. The van der Waals surface area contributed by atoms with Crippen LogP contribution in [0.1, 0.15) is 46.9 Å². The SMILES string of the molecule is O=C(Oc1ccc2c3c(ccc2c1)[C@]12C[C@H]1CC(=C(F)F)C2C[C@@H]3O)c1ccccc1. The first-order valence-corrected chi connectivity index (χ1v) is 10.6. The molecule has 1 N–H and O–H groups in total. The van der Waals surface area contributed by atoms with Crippen molar-refractivity contribution < 1.29 is 23.4 Å². The topological polar surface area (TPSA) is 46.5 Å². The molecule has 3 aliphatic carbocycles. The van der Waals surface area contributed by atoms with E-state index in [-0.39, 0.29) is 22.8 Å². The van der Waals surface area contributed by atoms with Gasteiger partial charge in [0.15, 0.2) is 0 Å². The first-order valence-electron chi connectivity index (χ1n) is 10.6. The van der Waals surface area contributed by atoms with Crippen molar-refractivity contribution in [3.8, 4) is 5.75 Å². The lowest BCUT2D eigenvalue weighted by Gasteiger charge is -2.36. The molecule has 0 bridgehead atoms. The molecule has 156 valence electrons. The normalized spacial score (nSPS) is 28.0. The van der Waals surface area contributed by atoms with Gasteiger partial charge in [-0.25, -0.2) is 4.79 Å². The minimum absolute atomic E-state index is 0.240. The summed E-state index contributed by atoms with van der Waals surface area (Å²) in [5, 5.41) is 12.7. The van der Waals surface area contributed by atoms with Gasteiger partial charge in [-0.2, -0.15) is 8.78 Å². The Hall–Kier alpha value is -3.05. The molecule has 3 aromatic rings. The van der Waals surface area contributed by atoms with E-state index in [1.54, 1.807) is 36.4 Å². The van der Waals surface area contributed by atoms with E-state index in [9.17, 15) is 18.7 Å². The van der Waals surface area contributed by atoms with Gasteiger partial charge in [0.1, 0.15) is 5.75 Å². The highest BCUT2D eigenvalue weighted by Crippen LogP contribution is 2.73. The van der Waals surface area contributed by atoms with Gasteiger partial charge in [-0.15, -0.1) is 0 Å². The molecule has 6 rings (SSSR count). The molecule has 3 aromatic carbocycles. The second-order valence-corrected chi connectivity index (χ2v) is 8.90. The average Bonchev–Trinajstić information content (AvgIpc) is 3.40. The minimum atomic E-state index is -1.57. The maximum absolute atomic E-state index is 13.5. The van der Waals surface area contributed by atoms with Crippen molar-refractivity contribution in [2.75, 3.05) is 0 Å². The van der Waals surface area contributed by atoms with E-state index in [2.05, 4.69) is 0 Å². The van der Waals surface area contributed by atoms with Gasteiger partial charge in [-0.05, 0) is 82.8 Å². The lowest BCUT2D eigenvalue weighted by Crippen LogP contribution is -2.29. The third-order valence-electron chi connectivity index (χ3n) is 7.45. The average molecular weight is 418 g/mol. The summed E-state index contributed by atoms with van der Waals surface area (Å²) < 4.78 is 32.5. The van der Waals surface area contributed by atoms with Gasteiger partial charge in [-0.3, -0.25) is 0 Å². The van der Waals surface area contributed by atoms with Gasteiger partial charge in [0.2, 0.25) is 0 Å². The van der Waals surface area contributed by atoms with Crippen LogP contribution in [0.2, 0.25) is 0 Å². The Morgan fingerprint density at radius 2 is 1.87 bits per heavy atom. The van der Waals surface area contributed by atoms with Gasteiger partial charge in [0, 0.05) is 5.41 Å². The van der Waals surface area contributed by atoms with Crippen molar-refractivity contribution in [1.82, 2.24) is 0 Å². The zero-order valence-electron chi connectivity index (χ0n) is 16.6. The molecule has 0 aromatic heterocycles. The monoisotopic (exact) mass is 418 g/mol. The number of allylic oxidation sites excluding steroid dienone is 1. The lowest BCUT2D eigenvalue weighted by atomic mass is 9.69. The minimum Gasteiger partial charge on any atom is -0.423 e. The van der Waals surface area contributed by atoms with E-state index < -0.39 is 18.2 Å². The number of ether oxygens (including phenoxy) is 1. The third-order valence-corrected chi connectivity index (χ3v) is 7.45. The predicted molar refractivity (Wildman–Crippen MR) is 112 cm³/mol. The Bertz CT molecular complexity index is 1260. The van der Waals surface area contributed by atoms with E-state index in [4.69, 9.17) is 4.74 Å². The highest BCUT2D eigenvalue weighted by Gasteiger charge is 2.68. The summed E-state index contributed by atoms with van der Waals surface area (Å²) in [5.41, 5.74) is 2.32. The van der Waals surface area contributed by atoms with Crippen LogP contribution < -0.4 is 4.74 Å². The fraction of sp³-hybridized carbons (Fsp3) is 0.269. The zero-order chi connectivity index (χ0) is 21.3. The van der Waals surface area contributed by atoms with Crippen molar-refractivity contribution in [3.05, 3.63) is 89.0 Å². The molecule has 0 heterocycles. The highest BCUT2D eigenvalue weighted by atomic mass is 19.3. The van der Waals surface area contributed by atoms with Crippen LogP contribution in [-0.4, -0.2) is 11.1 Å². The van der Waals surface area contributed by atoms with Crippen LogP contribution in [0.3, 0.4) is 0 Å². The van der Waals surface area contributed by atoms with Gasteiger partial charge in [0.25, 0.3) is 6.08 Å². The molecule has 4 atom stereocenters. The van der Waals surface area contributed by atoms with E-state index in [0.29, 0.717) is 24.2 Å². The van der Waals surface area contributed by atoms with Gasteiger partial charge < -0.3 is 9.84 Å². The van der Waals surface area contributed by atoms with Crippen LogP contribution >= 0.6 is 0 Å². The standard InChI is InChI=1S/C26H20F2O3/c27-24(28)19-11-16-13-26(16)20-9-6-15-10-17(31-25(30)14-4-2-1-3-5-14)7-8-18(15)23(20)22(29)12-21(19)26/h1-10,16,21-22,29H,11-13H2/t16-,21?,22+,26+/m1/s1. The van der Waals surface area contributed by atoms with Gasteiger partial charge >= 0.3 is 5.97 Å². The molecule has 2 fully saturated rings. The second kappa shape index (κ2) is 6.47. The van der Waals surface area contributed by atoms with Crippen LogP contribution in [0.5, 0.6) is 5.75 Å². The van der Waals surface area contributed by atoms with Crippen LogP contribution in [-0.2, 0) is 5.41 Å². The Morgan fingerprint density at radius 3 is 2.65 bits per heavy atom. The van der Waals surface area contributed by atoms with Crippen molar-refractivity contribution in [3.63, 3.8) is 0 Å². The second-order valence-electron chi connectivity index (χ2n) is 8.90. The largest absolute Gasteiger partial charge is 0.423 e. The summed E-state index contributed by atoms with van der Waals surface area (Å²) in [5.74, 6) is -0.0334. The molecule has 1 unspecified atom stereocenters. The van der Waals surface area contributed by atoms with Crippen molar-refractivity contribution in [2.24, 2.45) is 11.8 Å². The number of hydrogen-bond donors (Lipinski definition) is 1. The van der Waals surface area contributed by atoms with E-state index >= 15 is 0 Å². The Balaban J connectivity index is 1.39. The number of aliphatic hydroxyl groups excluding tert-OH is 1. The zero-order valence-corrected chi connectivity index (χ0v) is 16.6. The Kier molecular flexibility index (Phi) is 3.90. The Morgan fingerprint density at radius 1 is 1.06 bits per heavy atom. The number of hydrogen-bond acceptors (Lipinski definition) is 3. The number of aliphatic hydroxyl groups is 1. The number of halogens is 2. The van der Waals surface area contributed by atoms with E-state index in [1.807, 2.05) is 24.3 Å². The molecule has 0 aliphatic heterocycles. The third kappa shape index (κ3) is 2.62. The van der Waals surface area contributed by atoms with Crippen molar-refractivity contribution in [1.29, 1.82) is 0 Å². The predicted octanol–water partition coefficient (Wildman–Crippen LogP) is 5.92. The quantitative estimate of drug-likeness (QED) is 0.415. The molecule has 0 saturated heterocycles. The highest BCUT2D eigenvalue weighted by molar-refractivity contribution is 5.93. The molecule has 1 spiro atoms. The number of rotatable bonds is 2. The fourth-order valence-corrected chi connectivity index (χ4v) is 6.07. The summed E-state index contributed by atoms with van der Waals surface area (Å²) in [6.45, 7) is 0. The molecular formula is C26H20F2O3. The van der Waals surface area contributed by atoms with Crippen LogP contribution in [0.25, 0.3) is 10.8 Å². The smallest absolute Gasteiger partial charge is 0.343 e. The number of carbonyl (C=O) groups is 1. The number of esters is 1. The molecule has 2 saturated carbocycles. The van der Waals surface area contributed by atoms with E-state index in [0.717, 1.165) is 28.3 Å². The van der Waals surface area contributed by atoms with Crippen LogP contribution in [0, 0.1) is 11.8 Å². The molecule has 3 nitrogen and oxygen atoms in total. The Labute approximate surface area is 178 Å². The molecule has 31 heavy (non-hydrogen) atoms. The van der Waals surface area contributed by atoms with Crippen LogP contribution in [0.4, 0.5) is 8.78 Å². The summed E-state index contributed by atoms with van der Waals surface area (Å²) in [6.07, 6.45) is -0.684. The molecular weight excluding hydrogens is 398 g/mol. The fourth-order valence-electron chi connectivity index (χ4n) is 6.07. The first kappa shape index (κ1) is 18.7.